The van der Waals surface area contributed by atoms with E-state index in [9.17, 15) is 4.79 Å². The maximum absolute atomic E-state index is 12.6. The van der Waals surface area contributed by atoms with E-state index in [1.165, 1.54) is 17.8 Å². The minimum absolute atomic E-state index is 0.0650. The van der Waals surface area contributed by atoms with Crippen LogP contribution in [0.2, 0.25) is 0 Å². The number of methoxy groups -OCH3 is 1. The van der Waals surface area contributed by atoms with Crippen molar-refractivity contribution in [1.82, 2.24) is 14.8 Å². The van der Waals surface area contributed by atoms with Crippen LogP contribution >= 0.6 is 11.3 Å². The third-order valence-electron chi connectivity index (χ3n) is 3.50. The first-order valence-corrected chi connectivity index (χ1v) is 7.89. The third-order valence-corrected chi connectivity index (χ3v) is 4.32. The number of carbonyl (C=O) groups is 1. The largest absolute Gasteiger partial charge is 0.378 e. The van der Waals surface area contributed by atoms with Crippen LogP contribution in [0.15, 0.2) is 5.38 Å². The second kappa shape index (κ2) is 7.15. The SMILES string of the molecule is COCc1nc(C(=O)N2CCCC[C@H]2CN(C)C)cs1. The first kappa shape index (κ1) is 15.4. The highest BCUT2D eigenvalue weighted by molar-refractivity contribution is 7.09. The van der Waals surface area contributed by atoms with Gasteiger partial charge in [-0.25, -0.2) is 4.98 Å². The Labute approximate surface area is 124 Å². The molecule has 20 heavy (non-hydrogen) atoms. The predicted octanol–water partition coefficient (Wildman–Crippen LogP) is 1.85. The van der Waals surface area contributed by atoms with Crippen LogP contribution in [0.25, 0.3) is 0 Å². The molecule has 2 heterocycles. The van der Waals surface area contributed by atoms with Gasteiger partial charge in [0.2, 0.25) is 0 Å². The van der Waals surface area contributed by atoms with Crippen LogP contribution in [-0.2, 0) is 11.3 Å². The lowest BCUT2D eigenvalue weighted by Gasteiger charge is -2.36. The van der Waals surface area contributed by atoms with Crippen molar-refractivity contribution in [3.63, 3.8) is 0 Å². The Morgan fingerprint density at radius 1 is 1.55 bits per heavy atom. The lowest BCUT2D eigenvalue weighted by atomic mass is 10.0. The number of rotatable bonds is 5. The van der Waals surface area contributed by atoms with Crippen LogP contribution in [0, 0.1) is 0 Å². The van der Waals surface area contributed by atoms with Gasteiger partial charge in [-0.15, -0.1) is 11.3 Å². The average molecular weight is 297 g/mol. The monoisotopic (exact) mass is 297 g/mol. The summed E-state index contributed by atoms with van der Waals surface area (Å²) in [6.45, 7) is 2.23. The summed E-state index contributed by atoms with van der Waals surface area (Å²) in [7, 11) is 5.74. The number of thiazole rings is 1. The molecule has 0 unspecified atom stereocenters. The van der Waals surface area contributed by atoms with Crippen molar-refractivity contribution < 1.29 is 9.53 Å². The first-order valence-electron chi connectivity index (χ1n) is 7.01. The highest BCUT2D eigenvalue weighted by Gasteiger charge is 2.29. The normalized spacial score (nSPS) is 19.6. The Kier molecular flexibility index (Phi) is 5.51. The molecule has 1 amide bonds. The van der Waals surface area contributed by atoms with E-state index in [-0.39, 0.29) is 5.91 Å². The molecule has 1 aliphatic rings. The standard InChI is InChI=1S/C14H23N3O2S/c1-16(2)8-11-6-4-5-7-17(11)14(18)12-10-20-13(15-12)9-19-3/h10-11H,4-9H2,1-3H3/t11-/m0/s1. The fourth-order valence-electron chi connectivity index (χ4n) is 2.63. The Hall–Kier alpha value is -0.980. The summed E-state index contributed by atoms with van der Waals surface area (Å²) in [5.74, 6) is 0.0650. The average Bonchev–Trinajstić information content (AvgIpc) is 2.87. The summed E-state index contributed by atoms with van der Waals surface area (Å²) in [6, 6.07) is 0.304. The van der Waals surface area contributed by atoms with Gasteiger partial charge in [0.15, 0.2) is 0 Å². The highest BCUT2D eigenvalue weighted by Crippen LogP contribution is 2.21. The van der Waals surface area contributed by atoms with E-state index in [0.717, 1.165) is 30.9 Å². The lowest BCUT2D eigenvalue weighted by Crippen LogP contribution is -2.48. The van der Waals surface area contributed by atoms with Gasteiger partial charge in [-0.3, -0.25) is 4.79 Å². The van der Waals surface area contributed by atoms with E-state index in [1.807, 2.05) is 10.3 Å². The number of aromatic nitrogens is 1. The summed E-state index contributed by atoms with van der Waals surface area (Å²) >= 11 is 1.49. The quantitative estimate of drug-likeness (QED) is 0.832. The van der Waals surface area contributed by atoms with Crippen molar-refractivity contribution in [3.05, 3.63) is 16.1 Å². The molecule has 1 atom stereocenters. The Morgan fingerprint density at radius 2 is 2.35 bits per heavy atom. The van der Waals surface area contributed by atoms with Gasteiger partial charge >= 0.3 is 0 Å². The van der Waals surface area contributed by atoms with Crippen molar-refractivity contribution in [2.45, 2.75) is 31.9 Å². The van der Waals surface area contributed by atoms with Crippen molar-refractivity contribution in [1.29, 1.82) is 0 Å². The fourth-order valence-corrected chi connectivity index (χ4v) is 3.36. The summed E-state index contributed by atoms with van der Waals surface area (Å²) in [5.41, 5.74) is 0.563. The van der Waals surface area contributed by atoms with Gasteiger partial charge in [-0.1, -0.05) is 0 Å². The van der Waals surface area contributed by atoms with Gasteiger partial charge in [0, 0.05) is 31.6 Å². The van der Waals surface area contributed by atoms with Gasteiger partial charge in [0.05, 0.1) is 6.61 Å². The van der Waals surface area contributed by atoms with Crippen LogP contribution in [0.5, 0.6) is 0 Å². The van der Waals surface area contributed by atoms with Crippen LogP contribution in [0.3, 0.4) is 0 Å². The fraction of sp³-hybridized carbons (Fsp3) is 0.714. The molecule has 0 N–H and O–H groups in total. The zero-order chi connectivity index (χ0) is 14.5. The number of amides is 1. The summed E-state index contributed by atoms with van der Waals surface area (Å²) < 4.78 is 5.06. The molecule has 0 bridgehead atoms. The smallest absolute Gasteiger partial charge is 0.273 e. The van der Waals surface area contributed by atoms with E-state index in [2.05, 4.69) is 24.0 Å². The van der Waals surface area contributed by atoms with E-state index in [1.54, 1.807) is 7.11 Å². The molecule has 6 heteroatoms. The molecule has 1 aromatic rings. The Morgan fingerprint density at radius 3 is 3.05 bits per heavy atom. The number of carbonyl (C=O) groups excluding carboxylic acids is 1. The molecule has 112 valence electrons. The Bertz CT molecular complexity index is 447. The van der Waals surface area contributed by atoms with Crippen molar-refractivity contribution in [2.75, 3.05) is 34.3 Å². The number of likely N-dealkylation sites (N-methyl/N-ethyl adjacent to an activating group) is 1. The molecule has 0 aliphatic carbocycles. The lowest BCUT2D eigenvalue weighted by molar-refractivity contribution is 0.0569. The van der Waals surface area contributed by atoms with Gasteiger partial charge in [-0.2, -0.15) is 0 Å². The number of hydrogen-bond donors (Lipinski definition) is 0. The summed E-state index contributed by atoms with van der Waals surface area (Å²) in [5, 5.41) is 2.70. The second-order valence-electron chi connectivity index (χ2n) is 5.47. The van der Waals surface area contributed by atoms with Crippen molar-refractivity contribution in [3.8, 4) is 0 Å². The molecular weight excluding hydrogens is 274 g/mol. The minimum Gasteiger partial charge on any atom is -0.378 e. The molecule has 1 aliphatic heterocycles. The van der Waals surface area contributed by atoms with Gasteiger partial charge in [0.25, 0.3) is 5.91 Å². The molecule has 0 spiro atoms. The van der Waals surface area contributed by atoms with Crippen LogP contribution in [0.4, 0.5) is 0 Å². The first-order chi connectivity index (χ1) is 9.61. The second-order valence-corrected chi connectivity index (χ2v) is 6.41. The highest BCUT2D eigenvalue weighted by atomic mass is 32.1. The molecule has 5 nitrogen and oxygen atoms in total. The van der Waals surface area contributed by atoms with Crippen LogP contribution in [-0.4, -0.2) is 61.0 Å². The molecule has 0 saturated carbocycles. The number of hydrogen-bond acceptors (Lipinski definition) is 5. The number of likely N-dealkylation sites (tertiary alicyclic amines) is 1. The van der Waals surface area contributed by atoms with Crippen molar-refractivity contribution in [2.24, 2.45) is 0 Å². The maximum Gasteiger partial charge on any atom is 0.273 e. The topological polar surface area (TPSA) is 45.7 Å². The molecular formula is C14H23N3O2S. The van der Waals surface area contributed by atoms with Gasteiger partial charge < -0.3 is 14.5 Å². The number of ether oxygens (including phenoxy) is 1. The van der Waals surface area contributed by atoms with Crippen LogP contribution in [0.1, 0.15) is 34.8 Å². The molecule has 0 aromatic carbocycles. The maximum atomic E-state index is 12.6. The van der Waals surface area contributed by atoms with Crippen LogP contribution < -0.4 is 0 Å². The van der Waals surface area contributed by atoms with Crippen molar-refractivity contribution >= 4 is 17.2 Å². The molecule has 1 aromatic heterocycles. The van der Waals surface area contributed by atoms with Gasteiger partial charge in [0.1, 0.15) is 10.7 Å². The molecule has 1 saturated heterocycles. The third kappa shape index (κ3) is 3.77. The van der Waals surface area contributed by atoms with E-state index < -0.39 is 0 Å². The Balaban J connectivity index is 2.07. The van der Waals surface area contributed by atoms with E-state index >= 15 is 0 Å². The zero-order valence-electron chi connectivity index (χ0n) is 12.5. The zero-order valence-corrected chi connectivity index (χ0v) is 13.3. The molecule has 0 radical (unpaired) electrons. The molecule has 1 fully saturated rings. The predicted molar refractivity (Wildman–Crippen MR) is 80.1 cm³/mol. The van der Waals surface area contributed by atoms with E-state index in [0.29, 0.717) is 18.3 Å². The van der Waals surface area contributed by atoms with E-state index in [4.69, 9.17) is 4.74 Å². The number of piperidine rings is 1. The summed E-state index contributed by atoms with van der Waals surface area (Å²) in [4.78, 5) is 21.1. The summed E-state index contributed by atoms with van der Waals surface area (Å²) in [6.07, 6.45) is 3.37. The molecule has 2 rings (SSSR count). The van der Waals surface area contributed by atoms with Gasteiger partial charge in [-0.05, 0) is 33.4 Å². The number of nitrogens with zero attached hydrogens (tertiary/aromatic N) is 3. The minimum atomic E-state index is 0.0650.